The average molecular weight is 304 g/mol. The van der Waals surface area contributed by atoms with Gasteiger partial charge in [0.1, 0.15) is 17.5 Å². The SMILES string of the molecule is CC(C)(C)OC(=O)OC(=O)C(N)c1ccc(Cl)cc1F. The van der Waals surface area contributed by atoms with E-state index in [1.807, 2.05) is 0 Å². The number of hydrogen-bond donors (Lipinski definition) is 1. The number of hydrogen-bond acceptors (Lipinski definition) is 5. The van der Waals surface area contributed by atoms with Gasteiger partial charge in [0.05, 0.1) is 0 Å². The molecule has 5 nitrogen and oxygen atoms in total. The summed E-state index contributed by atoms with van der Waals surface area (Å²) in [5, 5.41) is 0.166. The van der Waals surface area contributed by atoms with Gasteiger partial charge < -0.3 is 15.2 Å². The van der Waals surface area contributed by atoms with Crippen molar-refractivity contribution in [1.82, 2.24) is 0 Å². The van der Waals surface area contributed by atoms with Crippen molar-refractivity contribution in [2.45, 2.75) is 32.4 Å². The molecule has 0 aliphatic rings. The zero-order valence-corrected chi connectivity index (χ0v) is 12.0. The lowest BCUT2D eigenvalue weighted by Gasteiger charge is -2.19. The lowest BCUT2D eigenvalue weighted by atomic mass is 10.1. The van der Waals surface area contributed by atoms with Crippen molar-refractivity contribution in [2.75, 3.05) is 0 Å². The Hall–Kier alpha value is -1.66. The molecule has 1 aromatic carbocycles. The minimum absolute atomic E-state index is 0.122. The van der Waals surface area contributed by atoms with Crippen LogP contribution < -0.4 is 5.73 Å². The lowest BCUT2D eigenvalue weighted by molar-refractivity contribution is -0.143. The van der Waals surface area contributed by atoms with Crippen LogP contribution in [0, 0.1) is 5.82 Å². The van der Waals surface area contributed by atoms with E-state index in [1.165, 1.54) is 12.1 Å². The van der Waals surface area contributed by atoms with Crippen LogP contribution in [0.4, 0.5) is 9.18 Å². The zero-order chi connectivity index (χ0) is 15.5. The van der Waals surface area contributed by atoms with Crippen LogP contribution in [0.25, 0.3) is 0 Å². The molecule has 0 saturated heterocycles. The van der Waals surface area contributed by atoms with E-state index in [1.54, 1.807) is 20.8 Å². The largest absolute Gasteiger partial charge is 0.516 e. The van der Waals surface area contributed by atoms with Gasteiger partial charge >= 0.3 is 12.1 Å². The maximum Gasteiger partial charge on any atom is 0.516 e. The zero-order valence-electron chi connectivity index (χ0n) is 11.3. The average Bonchev–Trinajstić information content (AvgIpc) is 2.25. The molecule has 0 spiro atoms. The van der Waals surface area contributed by atoms with E-state index < -0.39 is 29.6 Å². The Balaban J connectivity index is 2.75. The molecule has 20 heavy (non-hydrogen) atoms. The Bertz CT molecular complexity index is 528. The minimum Gasteiger partial charge on any atom is -0.428 e. The van der Waals surface area contributed by atoms with E-state index in [0.717, 1.165) is 6.07 Å². The molecule has 1 unspecified atom stereocenters. The van der Waals surface area contributed by atoms with Gasteiger partial charge in [0.25, 0.3) is 0 Å². The lowest BCUT2D eigenvalue weighted by Crippen LogP contribution is -2.30. The Morgan fingerprint density at radius 1 is 1.35 bits per heavy atom. The first-order chi connectivity index (χ1) is 9.10. The standard InChI is InChI=1S/C13H15ClFNO4/c1-13(2,3)20-12(18)19-11(17)10(16)8-5-4-7(14)6-9(8)15/h4-6,10H,16H2,1-3H3. The van der Waals surface area contributed by atoms with Gasteiger partial charge in [-0.05, 0) is 32.9 Å². The van der Waals surface area contributed by atoms with Crippen molar-refractivity contribution in [2.24, 2.45) is 5.73 Å². The van der Waals surface area contributed by atoms with Crippen LogP contribution in [0.1, 0.15) is 32.4 Å². The molecule has 110 valence electrons. The van der Waals surface area contributed by atoms with Crippen LogP contribution in [0.15, 0.2) is 18.2 Å². The van der Waals surface area contributed by atoms with E-state index in [9.17, 15) is 14.0 Å². The maximum atomic E-state index is 13.6. The molecule has 2 N–H and O–H groups in total. The highest BCUT2D eigenvalue weighted by Crippen LogP contribution is 2.20. The highest BCUT2D eigenvalue weighted by molar-refractivity contribution is 6.30. The topological polar surface area (TPSA) is 78.6 Å². The molecule has 0 heterocycles. The fraction of sp³-hybridized carbons (Fsp3) is 0.385. The van der Waals surface area contributed by atoms with Crippen LogP contribution in [-0.2, 0) is 14.3 Å². The van der Waals surface area contributed by atoms with E-state index in [2.05, 4.69) is 4.74 Å². The summed E-state index contributed by atoms with van der Waals surface area (Å²) in [4.78, 5) is 22.9. The first kappa shape index (κ1) is 16.4. The number of carbonyl (C=O) groups is 2. The first-order valence-electron chi connectivity index (χ1n) is 5.75. The highest BCUT2D eigenvalue weighted by atomic mass is 35.5. The normalized spacial score (nSPS) is 12.7. The summed E-state index contributed by atoms with van der Waals surface area (Å²) in [6, 6.07) is 2.19. The third-order valence-electron chi connectivity index (χ3n) is 2.12. The van der Waals surface area contributed by atoms with Crippen LogP contribution >= 0.6 is 11.6 Å². The molecule has 1 aromatic rings. The molecule has 7 heteroatoms. The monoisotopic (exact) mass is 303 g/mol. The predicted octanol–water partition coefficient (Wildman–Crippen LogP) is 2.96. The summed E-state index contributed by atoms with van der Waals surface area (Å²) in [5.41, 5.74) is 4.60. The van der Waals surface area contributed by atoms with Crippen molar-refractivity contribution < 1.29 is 23.5 Å². The van der Waals surface area contributed by atoms with Crippen LogP contribution in [0.3, 0.4) is 0 Å². The summed E-state index contributed by atoms with van der Waals surface area (Å²) >= 11 is 5.59. The minimum atomic E-state index is -1.44. The summed E-state index contributed by atoms with van der Waals surface area (Å²) < 4.78 is 22.8. The number of benzene rings is 1. The molecule has 0 saturated carbocycles. The quantitative estimate of drug-likeness (QED) is 0.671. The van der Waals surface area contributed by atoms with Gasteiger partial charge in [0.2, 0.25) is 0 Å². The molecule has 0 bridgehead atoms. The van der Waals surface area contributed by atoms with E-state index >= 15 is 0 Å². The van der Waals surface area contributed by atoms with E-state index in [0.29, 0.717) is 0 Å². The molecular formula is C13H15ClFNO4. The molecule has 1 rings (SSSR count). The highest BCUT2D eigenvalue weighted by Gasteiger charge is 2.26. The smallest absolute Gasteiger partial charge is 0.428 e. The molecular weight excluding hydrogens is 289 g/mol. The molecule has 0 aromatic heterocycles. The second-order valence-corrected chi connectivity index (χ2v) is 5.47. The fourth-order valence-electron chi connectivity index (χ4n) is 1.30. The predicted molar refractivity (Wildman–Crippen MR) is 70.7 cm³/mol. The van der Waals surface area contributed by atoms with Crippen molar-refractivity contribution in [1.29, 1.82) is 0 Å². The molecule has 0 aliphatic heterocycles. The Morgan fingerprint density at radius 3 is 2.45 bits per heavy atom. The summed E-state index contributed by atoms with van der Waals surface area (Å²) in [6.07, 6.45) is -1.19. The summed E-state index contributed by atoms with van der Waals surface area (Å²) in [7, 11) is 0. The van der Waals surface area contributed by atoms with Gasteiger partial charge in [-0.3, -0.25) is 0 Å². The third-order valence-corrected chi connectivity index (χ3v) is 2.36. The molecule has 0 aliphatic carbocycles. The number of rotatable bonds is 2. The second kappa shape index (κ2) is 6.19. The van der Waals surface area contributed by atoms with E-state index in [4.69, 9.17) is 22.1 Å². The van der Waals surface area contributed by atoms with Crippen LogP contribution in [0.2, 0.25) is 5.02 Å². The van der Waals surface area contributed by atoms with Crippen molar-refractivity contribution in [3.63, 3.8) is 0 Å². The van der Waals surface area contributed by atoms with Gasteiger partial charge in [0.15, 0.2) is 0 Å². The van der Waals surface area contributed by atoms with Gasteiger partial charge in [-0.1, -0.05) is 17.7 Å². The number of esters is 1. The number of ether oxygens (including phenoxy) is 2. The number of nitrogens with two attached hydrogens (primary N) is 1. The second-order valence-electron chi connectivity index (χ2n) is 5.03. The van der Waals surface area contributed by atoms with Crippen molar-refractivity contribution >= 4 is 23.7 Å². The number of carbonyl (C=O) groups excluding carboxylic acids is 2. The Kier molecular flexibility index (Phi) is 5.08. The summed E-state index contributed by atoms with van der Waals surface area (Å²) in [6.45, 7) is 4.83. The van der Waals surface area contributed by atoms with Crippen LogP contribution in [0.5, 0.6) is 0 Å². The summed E-state index contributed by atoms with van der Waals surface area (Å²) in [5.74, 6) is -1.87. The molecule has 0 amide bonds. The van der Waals surface area contributed by atoms with Gasteiger partial charge in [-0.2, -0.15) is 0 Å². The molecule has 1 atom stereocenters. The van der Waals surface area contributed by atoms with Crippen LogP contribution in [-0.4, -0.2) is 17.7 Å². The van der Waals surface area contributed by atoms with Crippen molar-refractivity contribution in [3.8, 4) is 0 Å². The van der Waals surface area contributed by atoms with Crippen molar-refractivity contribution in [3.05, 3.63) is 34.6 Å². The van der Waals surface area contributed by atoms with Gasteiger partial charge in [-0.25, -0.2) is 14.0 Å². The fourth-order valence-corrected chi connectivity index (χ4v) is 1.46. The molecule has 0 fully saturated rings. The third kappa shape index (κ3) is 4.79. The van der Waals surface area contributed by atoms with E-state index in [-0.39, 0.29) is 10.6 Å². The number of halogens is 2. The Morgan fingerprint density at radius 2 is 1.95 bits per heavy atom. The maximum absolute atomic E-state index is 13.6. The Labute approximate surface area is 120 Å². The first-order valence-corrected chi connectivity index (χ1v) is 6.13. The van der Waals surface area contributed by atoms with Gasteiger partial charge in [-0.15, -0.1) is 0 Å². The van der Waals surface area contributed by atoms with Gasteiger partial charge in [0, 0.05) is 10.6 Å². The molecule has 0 radical (unpaired) electrons.